The fourth-order valence-corrected chi connectivity index (χ4v) is 3.69. The monoisotopic (exact) mass is 389 g/mol. The molecule has 0 saturated carbocycles. The number of rotatable bonds is 4. The lowest BCUT2D eigenvalue weighted by Crippen LogP contribution is -2.32. The molecule has 1 aliphatic rings. The molecule has 146 valence electrons. The van der Waals surface area contributed by atoms with Crippen LogP contribution in [-0.2, 0) is 20.1 Å². The minimum absolute atomic E-state index is 0.110. The molecule has 0 radical (unpaired) electrons. The molecule has 29 heavy (non-hydrogen) atoms. The molecule has 0 spiro atoms. The highest BCUT2D eigenvalue weighted by molar-refractivity contribution is 5.96. The SMILES string of the molecule is Cn1ncc2cc(C(=O)O)c(Oc3ccc(N4CCn5cncc5C4)cc3)cc21. The van der Waals surface area contributed by atoms with Gasteiger partial charge in [-0.25, -0.2) is 9.78 Å². The Labute approximate surface area is 166 Å². The minimum atomic E-state index is -1.03. The van der Waals surface area contributed by atoms with Crippen LogP contribution in [-0.4, -0.2) is 37.0 Å². The number of hydrogen-bond donors (Lipinski definition) is 1. The average molecular weight is 389 g/mol. The zero-order valence-electron chi connectivity index (χ0n) is 15.8. The van der Waals surface area contributed by atoms with Gasteiger partial charge in [-0.3, -0.25) is 4.68 Å². The number of hydrogen-bond acceptors (Lipinski definition) is 5. The molecule has 8 heteroatoms. The van der Waals surface area contributed by atoms with E-state index in [9.17, 15) is 9.90 Å². The molecule has 0 saturated heterocycles. The highest BCUT2D eigenvalue weighted by Crippen LogP contribution is 2.31. The first-order chi connectivity index (χ1) is 14.1. The van der Waals surface area contributed by atoms with Gasteiger partial charge in [-0.1, -0.05) is 0 Å². The van der Waals surface area contributed by atoms with E-state index in [-0.39, 0.29) is 5.56 Å². The van der Waals surface area contributed by atoms with E-state index in [4.69, 9.17) is 4.74 Å². The van der Waals surface area contributed by atoms with E-state index >= 15 is 0 Å². The van der Waals surface area contributed by atoms with Crippen LogP contribution in [0.3, 0.4) is 0 Å². The summed E-state index contributed by atoms with van der Waals surface area (Å²) >= 11 is 0. The van der Waals surface area contributed by atoms with Crippen molar-refractivity contribution >= 4 is 22.6 Å². The fraction of sp³-hybridized carbons (Fsp3) is 0.190. The lowest BCUT2D eigenvalue weighted by molar-refractivity contribution is 0.0694. The Bertz CT molecular complexity index is 1210. The number of carbonyl (C=O) groups is 1. The zero-order valence-corrected chi connectivity index (χ0v) is 15.8. The molecule has 4 aromatic rings. The average Bonchev–Trinajstić information content (AvgIpc) is 3.34. The van der Waals surface area contributed by atoms with E-state index in [1.54, 1.807) is 23.0 Å². The predicted octanol–water partition coefficient (Wildman–Crippen LogP) is 3.28. The summed E-state index contributed by atoms with van der Waals surface area (Å²) in [5.41, 5.74) is 3.20. The van der Waals surface area contributed by atoms with Crippen molar-refractivity contribution in [1.29, 1.82) is 0 Å². The van der Waals surface area contributed by atoms with Crippen molar-refractivity contribution in [2.75, 3.05) is 11.4 Å². The first-order valence-electron chi connectivity index (χ1n) is 9.29. The molecule has 5 rings (SSSR count). The molecule has 0 bridgehead atoms. The van der Waals surface area contributed by atoms with Gasteiger partial charge in [-0.15, -0.1) is 0 Å². The second kappa shape index (κ2) is 6.66. The van der Waals surface area contributed by atoms with Gasteiger partial charge in [0.15, 0.2) is 0 Å². The summed E-state index contributed by atoms with van der Waals surface area (Å²) < 4.78 is 9.79. The zero-order chi connectivity index (χ0) is 20.0. The summed E-state index contributed by atoms with van der Waals surface area (Å²) in [6.07, 6.45) is 5.40. The molecule has 0 atom stereocenters. The molecule has 2 aromatic carbocycles. The van der Waals surface area contributed by atoms with Gasteiger partial charge >= 0.3 is 5.97 Å². The van der Waals surface area contributed by atoms with Crippen LogP contribution >= 0.6 is 0 Å². The maximum absolute atomic E-state index is 11.7. The first-order valence-corrected chi connectivity index (χ1v) is 9.29. The van der Waals surface area contributed by atoms with Crippen molar-refractivity contribution in [1.82, 2.24) is 19.3 Å². The second-order valence-electron chi connectivity index (χ2n) is 7.08. The van der Waals surface area contributed by atoms with Crippen LogP contribution in [0.1, 0.15) is 16.1 Å². The van der Waals surface area contributed by atoms with Crippen LogP contribution in [0.4, 0.5) is 5.69 Å². The number of nitrogens with zero attached hydrogens (tertiary/aromatic N) is 5. The molecule has 2 aromatic heterocycles. The van der Waals surface area contributed by atoms with Gasteiger partial charge in [0, 0.05) is 43.5 Å². The summed E-state index contributed by atoms with van der Waals surface area (Å²) in [6.45, 7) is 2.62. The van der Waals surface area contributed by atoms with Crippen molar-refractivity contribution in [2.24, 2.45) is 7.05 Å². The number of benzene rings is 2. The van der Waals surface area contributed by atoms with Crippen LogP contribution in [0.15, 0.2) is 55.1 Å². The van der Waals surface area contributed by atoms with Crippen LogP contribution < -0.4 is 9.64 Å². The Morgan fingerprint density at radius 1 is 1.14 bits per heavy atom. The van der Waals surface area contributed by atoms with Crippen molar-refractivity contribution in [3.8, 4) is 11.5 Å². The van der Waals surface area contributed by atoms with E-state index in [2.05, 4.69) is 19.5 Å². The molecule has 3 heterocycles. The summed E-state index contributed by atoms with van der Waals surface area (Å²) in [5.74, 6) is -0.157. The Kier molecular flexibility index (Phi) is 3.97. The third-order valence-corrected chi connectivity index (χ3v) is 5.27. The second-order valence-corrected chi connectivity index (χ2v) is 7.08. The molecule has 1 aliphatic heterocycles. The molecule has 0 amide bonds. The lowest BCUT2D eigenvalue weighted by Gasteiger charge is -2.30. The number of carboxylic acid groups (broad SMARTS) is 1. The number of aromatic nitrogens is 4. The third kappa shape index (κ3) is 3.08. The molecule has 0 fully saturated rings. The number of anilines is 1. The van der Waals surface area contributed by atoms with Crippen LogP contribution in [0.2, 0.25) is 0 Å². The Balaban J connectivity index is 1.41. The maximum atomic E-state index is 11.7. The van der Waals surface area contributed by atoms with E-state index in [1.807, 2.05) is 43.8 Å². The lowest BCUT2D eigenvalue weighted by atomic mass is 10.1. The van der Waals surface area contributed by atoms with Gasteiger partial charge in [0.05, 0.1) is 30.3 Å². The first kappa shape index (κ1) is 17.3. The standard InChI is InChI=1S/C21H19N5O3/c1-24-19-9-20(18(21(27)28)8-14(19)10-23-24)29-17-4-2-15(3-5-17)25-6-7-26-13-22-11-16(26)12-25/h2-5,8-11,13H,6-7,12H2,1H3,(H,27,28). The van der Waals surface area contributed by atoms with Crippen molar-refractivity contribution in [3.63, 3.8) is 0 Å². The maximum Gasteiger partial charge on any atom is 0.339 e. The molecule has 8 nitrogen and oxygen atoms in total. The van der Waals surface area contributed by atoms with Gasteiger partial charge in [-0.2, -0.15) is 5.10 Å². The van der Waals surface area contributed by atoms with Crippen LogP contribution in [0.5, 0.6) is 11.5 Å². The van der Waals surface area contributed by atoms with E-state index in [0.717, 1.165) is 36.2 Å². The fourth-order valence-electron chi connectivity index (χ4n) is 3.69. The smallest absolute Gasteiger partial charge is 0.339 e. The van der Waals surface area contributed by atoms with E-state index in [0.29, 0.717) is 11.5 Å². The van der Waals surface area contributed by atoms with Crippen molar-refractivity contribution in [3.05, 3.63) is 66.4 Å². The van der Waals surface area contributed by atoms with Gasteiger partial charge < -0.3 is 19.3 Å². The number of aryl methyl sites for hydroxylation is 1. The molecule has 1 N–H and O–H groups in total. The van der Waals surface area contributed by atoms with Gasteiger partial charge in [0.1, 0.15) is 17.1 Å². The van der Waals surface area contributed by atoms with E-state index in [1.165, 1.54) is 5.69 Å². The molecular formula is C21H19N5O3. The number of aromatic carboxylic acids is 1. The quantitative estimate of drug-likeness (QED) is 0.577. The summed E-state index contributed by atoms with van der Waals surface area (Å²) in [4.78, 5) is 18.2. The molecule has 0 aliphatic carbocycles. The summed E-state index contributed by atoms with van der Waals surface area (Å²) in [5, 5.41) is 14.5. The summed E-state index contributed by atoms with van der Waals surface area (Å²) in [7, 11) is 1.81. The Hall–Kier alpha value is -3.81. The number of ether oxygens (including phenoxy) is 1. The normalized spacial score (nSPS) is 13.5. The highest BCUT2D eigenvalue weighted by Gasteiger charge is 2.18. The van der Waals surface area contributed by atoms with Gasteiger partial charge in [0.2, 0.25) is 0 Å². The summed E-state index contributed by atoms with van der Waals surface area (Å²) in [6, 6.07) is 11.0. The van der Waals surface area contributed by atoms with Crippen LogP contribution in [0.25, 0.3) is 10.9 Å². The minimum Gasteiger partial charge on any atom is -0.478 e. The molecule has 0 unspecified atom stereocenters. The van der Waals surface area contributed by atoms with Gasteiger partial charge in [-0.05, 0) is 30.3 Å². The number of imidazole rings is 1. The van der Waals surface area contributed by atoms with Gasteiger partial charge in [0.25, 0.3) is 0 Å². The number of fused-ring (bicyclic) bond motifs is 2. The topological polar surface area (TPSA) is 85.4 Å². The third-order valence-electron chi connectivity index (χ3n) is 5.27. The predicted molar refractivity (Wildman–Crippen MR) is 107 cm³/mol. The van der Waals surface area contributed by atoms with Crippen molar-refractivity contribution < 1.29 is 14.6 Å². The van der Waals surface area contributed by atoms with Crippen LogP contribution in [0, 0.1) is 0 Å². The largest absolute Gasteiger partial charge is 0.478 e. The van der Waals surface area contributed by atoms with E-state index < -0.39 is 5.97 Å². The van der Waals surface area contributed by atoms with Crippen molar-refractivity contribution in [2.45, 2.75) is 13.1 Å². The highest BCUT2D eigenvalue weighted by atomic mass is 16.5. The number of carboxylic acids is 1. The Morgan fingerprint density at radius 3 is 2.76 bits per heavy atom. The Morgan fingerprint density at radius 2 is 1.97 bits per heavy atom. The molecular weight excluding hydrogens is 370 g/mol.